The predicted octanol–water partition coefficient (Wildman–Crippen LogP) is 5.70. The third-order valence-electron chi connectivity index (χ3n) is 5.52. The van der Waals surface area contributed by atoms with Crippen LogP contribution < -0.4 is 0 Å². The summed E-state index contributed by atoms with van der Waals surface area (Å²) in [6.07, 6.45) is 9.59. The molecule has 1 aliphatic rings. The van der Waals surface area contributed by atoms with Gasteiger partial charge in [-0.05, 0) is 62.1 Å². The molecular formula is C25H24N4O3S. The molecule has 3 aromatic heterocycles. The topological polar surface area (TPSA) is 77.3 Å². The lowest BCUT2D eigenvalue weighted by atomic mass is 10.0. The molecule has 0 saturated heterocycles. The van der Waals surface area contributed by atoms with Crippen molar-refractivity contribution in [2.45, 2.75) is 37.4 Å². The molecule has 0 N–H and O–H groups in total. The van der Waals surface area contributed by atoms with Gasteiger partial charge in [0.25, 0.3) is 0 Å². The fourth-order valence-corrected chi connectivity index (χ4v) is 4.75. The minimum Gasteiger partial charge on any atom is -0.467 e. The van der Waals surface area contributed by atoms with E-state index in [4.69, 9.17) is 8.83 Å². The Morgan fingerprint density at radius 1 is 1.00 bits per heavy atom. The van der Waals surface area contributed by atoms with Crippen molar-refractivity contribution in [3.63, 3.8) is 0 Å². The molecule has 8 heteroatoms. The molecular weight excluding hydrogens is 436 g/mol. The van der Waals surface area contributed by atoms with E-state index >= 15 is 0 Å². The number of carbonyl (C=O) groups excluding carboxylic acids is 1. The van der Waals surface area contributed by atoms with E-state index in [-0.39, 0.29) is 11.7 Å². The number of thioether (sulfide) groups is 1. The number of amides is 1. The van der Waals surface area contributed by atoms with Gasteiger partial charge in [0.2, 0.25) is 11.7 Å². The summed E-state index contributed by atoms with van der Waals surface area (Å²) in [5.74, 6) is 2.25. The lowest BCUT2D eigenvalue weighted by Crippen LogP contribution is -2.32. The molecule has 0 radical (unpaired) electrons. The van der Waals surface area contributed by atoms with Gasteiger partial charge in [-0.3, -0.25) is 9.36 Å². The molecule has 7 nitrogen and oxygen atoms in total. The van der Waals surface area contributed by atoms with Crippen LogP contribution in [0.3, 0.4) is 0 Å². The van der Waals surface area contributed by atoms with Gasteiger partial charge in [-0.2, -0.15) is 0 Å². The Balaban J connectivity index is 1.40. The van der Waals surface area contributed by atoms with E-state index in [0.717, 1.165) is 42.8 Å². The summed E-state index contributed by atoms with van der Waals surface area (Å²) >= 11 is 1.37. The fourth-order valence-electron chi connectivity index (χ4n) is 3.92. The molecule has 168 valence electrons. The lowest BCUT2D eigenvalue weighted by Gasteiger charge is -2.27. The fraction of sp³-hybridized carbons (Fsp3) is 0.240. The van der Waals surface area contributed by atoms with Crippen LogP contribution >= 0.6 is 11.8 Å². The summed E-state index contributed by atoms with van der Waals surface area (Å²) < 4.78 is 13.0. The van der Waals surface area contributed by atoms with Crippen molar-refractivity contribution in [2.24, 2.45) is 0 Å². The van der Waals surface area contributed by atoms with Crippen molar-refractivity contribution in [2.75, 3.05) is 5.75 Å². The summed E-state index contributed by atoms with van der Waals surface area (Å²) in [6.45, 7) is 0.432. The average molecular weight is 461 g/mol. The number of furan rings is 2. The normalized spacial score (nSPS) is 13.6. The van der Waals surface area contributed by atoms with Crippen molar-refractivity contribution in [1.82, 2.24) is 19.7 Å². The van der Waals surface area contributed by atoms with Gasteiger partial charge in [-0.15, -0.1) is 10.2 Å². The second-order valence-corrected chi connectivity index (χ2v) is 8.69. The predicted molar refractivity (Wildman–Crippen MR) is 126 cm³/mol. The number of carbonyl (C=O) groups is 1. The van der Waals surface area contributed by atoms with Gasteiger partial charge in [0.05, 0.1) is 24.8 Å². The van der Waals surface area contributed by atoms with E-state index < -0.39 is 0 Å². The molecule has 3 heterocycles. The number of nitrogens with zero attached hydrogens (tertiary/aromatic N) is 4. The number of hydrogen-bond acceptors (Lipinski definition) is 6. The van der Waals surface area contributed by atoms with Gasteiger partial charge in [0, 0.05) is 11.4 Å². The molecule has 33 heavy (non-hydrogen) atoms. The van der Waals surface area contributed by atoms with Crippen molar-refractivity contribution < 1.29 is 13.6 Å². The Morgan fingerprint density at radius 3 is 2.58 bits per heavy atom. The summed E-state index contributed by atoms with van der Waals surface area (Å²) in [5, 5.41) is 9.37. The van der Waals surface area contributed by atoms with Gasteiger partial charge in [0.1, 0.15) is 5.76 Å². The third-order valence-corrected chi connectivity index (χ3v) is 6.44. The second kappa shape index (κ2) is 9.95. The third kappa shape index (κ3) is 4.80. The van der Waals surface area contributed by atoms with Crippen LogP contribution in [-0.4, -0.2) is 31.3 Å². The molecule has 0 spiro atoms. The van der Waals surface area contributed by atoms with Gasteiger partial charge < -0.3 is 13.7 Å². The van der Waals surface area contributed by atoms with Gasteiger partial charge in [0.15, 0.2) is 10.9 Å². The quantitative estimate of drug-likeness (QED) is 0.314. The molecule has 4 aromatic rings. The number of para-hydroxylation sites is 1. The Hall–Kier alpha value is -3.52. The van der Waals surface area contributed by atoms with Gasteiger partial charge in [-0.1, -0.05) is 36.0 Å². The minimum atomic E-state index is 0.0201. The molecule has 1 aliphatic carbocycles. The minimum absolute atomic E-state index is 0.0201. The molecule has 0 aliphatic heterocycles. The summed E-state index contributed by atoms with van der Waals surface area (Å²) in [4.78, 5) is 15.2. The van der Waals surface area contributed by atoms with Gasteiger partial charge in [-0.25, -0.2) is 0 Å². The zero-order valence-corrected chi connectivity index (χ0v) is 18.9. The first-order chi connectivity index (χ1) is 16.3. The molecule has 1 amide bonds. The Bertz CT molecular complexity index is 1210. The van der Waals surface area contributed by atoms with E-state index in [1.54, 1.807) is 12.5 Å². The highest BCUT2D eigenvalue weighted by Crippen LogP contribution is 2.29. The monoisotopic (exact) mass is 460 g/mol. The van der Waals surface area contributed by atoms with Crippen molar-refractivity contribution in [3.05, 3.63) is 84.7 Å². The van der Waals surface area contributed by atoms with Crippen LogP contribution in [0.25, 0.3) is 17.3 Å². The standard InChI is InChI=1S/C25H24N4O3S/c30-23(28(17-21-13-7-15-31-21)19-9-3-1-4-10-19)18-33-25-27-26-24(22-14-8-16-32-22)29(25)20-11-5-2-6-12-20/h2,5-9,11-16H,1,3-4,10,17-18H2. The number of benzene rings is 1. The van der Waals surface area contributed by atoms with Crippen LogP contribution in [0.2, 0.25) is 0 Å². The first kappa shape index (κ1) is 21.3. The van der Waals surface area contributed by atoms with Crippen molar-refractivity contribution in [1.29, 1.82) is 0 Å². The van der Waals surface area contributed by atoms with Crippen LogP contribution in [0.1, 0.15) is 31.4 Å². The second-order valence-electron chi connectivity index (χ2n) is 7.74. The summed E-state index contributed by atoms with van der Waals surface area (Å²) in [6, 6.07) is 17.3. The van der Waals surface area contributed by atoms with Crippen molar-refractivity contribution >= 4 is 17.7 Å². The molecule has 0 fully saturated rings. The molecule has 0 bridgehead atoms. The zero-order chi connectivity index (χ0) is 22.5. The molecule has 0 atom stereocenters. The maximum Gasteiger partial charge on any atom is 0.237 e. The van der Waals surface area contributed by atoms with E-state index in [1.165, 1.54) is 11.8 Å². The van der Waals surface area contributed by atoms with E-state index in [9.17, 15) is 4.79 Å². The number of rotatable bonds is 8. The Labute approximate surface area is 196 Å². The number of allylic oxidation sites excluding steroid dienone is 2. The van der Waals surface area contributed by atoms with E-state index in [2.05, 4.69) is 16.3 Å². The lowest BCUT2D eigenvalue weighted by molar-refractivity contribution is -0.127. The van der Waals surface area contributed by atoms with Crippen molar-refractivity contribution in [3.8, 4) is 17.3 Å². The van der Waals surface area contributed by atoms with E-state index in [1.807, 2.05) is 64.1 Å². The van der Waals surface area contributed by atoms with Crippen LogP contribution in [0, 0.1) is 0 Å². The highest BCUT2D eigenvalue weighted by atomic mass is 32.2. The largest absolute Gasteiger partial charge is 0.467 e. The van der Waals surface area contributed by atoms with Crippen LogP contribution in [0.4, 0.5) is 0 Å². The number of aromatic nitrogens is 3. The zero-order valence-electron chi connectivity index (χ0n) is 18.1. The summed E-state index contributed by atoms with van der Waals surface area (Å²) in [7, 11) is 0. The highest BCUT2D eigenvalue weighted by molar-refractivity contribution is 7.99. The molecule has 0 unspecified atom stereocenters. The van der Waals surface area contributed by atoms with E-state index in [0.29, 0.717) is 23.3 Å². The average Bonchev–Trinajstić information content (AvgIpc) is 3.64. The number of hydrogen-bond donors (Lipinski definition) is 0. The maximum absolute atomic E-state index is 13.4. The van der Waals surface area contributed by atoms with Gasteiger partial charge >= 0.3 is 0 Å². The molecule has 1 aromatic carbocycles. The molecule has 5 rings (SSSR count). The first-order valence-electron chi connectivity index (χ1n) is 11.0. The summed E-state index contributed by atoms with van der Waals surface area (Å²) in [5.41, 5.74) is 1.98. The smallest absolute Gasteiger partial charge is 0.237 e. The van der Waals surface area contributed by atoms with Crippen LogP contribution in [0.15, 0.2) is 92.9 Å². The SMILES string of the molecule is O=C(CSc1nnc(-c2ccco2)n1-c1ccccc1)N(Cc1ccco1)C1=CCCCC1. The molecule has 0 saturated carbocycles. The maximum atomic E-state index is 13.4. The van der Waals surface area contributed by atoms with Crippen LogP contribution in [0.5, 0.6) is 0 Å². The Morgan fingerprint density at radius 2 is 1.85 bits per heavy atom. The Kier molecular flexibility index (Phi) is 6.44. The highest BCUT2D eigenvalue weighted by Gasteiger charge is 2.23. The van der Waals surface area contributed by atoms with Crippen LogP contribution in [-0.2, 0) is 11.3 Å². The first-order valence-corrected chi connectivity index (χ1v) is 12.0.